The van der Waals surface area contributed by atoms with Gasteiger partial charge in [0.15, 0.2) is 0 Å². The second kappa shape index (κ2) is 4.49. The number of carbonyl (C=O) groups excluding carboxylic acids is 1. The number of amides is 1. The summed E-state index contributed by atoms with van der Waals surface area (Å²) in [4.78, 5) is 13.7. The Kier molecular flexibility index (Phi) is 3.73. The zero-order chi connectivity index (χ0) is 11.6. The summed E-state index contributed by atoms with van der Waals surface area (Å²) in [6.45, 7) is 7.45. The topological polar surface area (TPSA) is 66.6 Å². The van der Waals surface area contributed by atoms with Crippen molar-refractivity contribution in [2.75, 3.05) is 19.7 Å². The summed E-state index contributed by atoms with van der Waals surface area (Å²) in [7, 11) is 0. The van der Waals surface area contributed by atoms with E-state index in [1.165, 1.54) is 0 Å². The van der Waals surface area contributed by atoms with Crippen LogP contribution in [0.1, 0.15) is 27.2 Å². The molecule has 0 bridgehead atoms. The van der Waals surface area contributed by atoms with Gasteiger partial charge in [-0.2, -0.15) is 0 Å². The molecule has 0 saturated carbocycles. The van der Waals surface area contributed by atoms with Gasteiger partial charge in [0.05, 0.1) is 6.04 Å². The molecular formula is C11H22N2O2. The minimum atomic E-state index is -0.449. The van der Waals surface area contributed by atoms with Crippen LogP contribution in [0.5, 0.6) is 0 Å². The molecule has 0 aromatic carbocycles. The minimum Gasteiger partial charge on any atom is -0.396 e. The molecule has 0 radical (unpaired) electrons. The van der Waals surface area contributed by atoms with Gasteiger partial charge in [-0.3, -0.25) is 4.79 Å². The molecule has 0 spiro atoms. The van der Waals surface area contributed by atoms with Crippen LogP contribution in [0.25, 0.3) is 0 Å². The summed E-state index contributed by atoms with van der Waals surface area (Å²) >= 11 is 0. The maximum atomic E-state index is 12.0. The summed E-state index contributed by atoms with van der Waals surface area (Å²) in [5.74, 6) is 0.250. The summed E-state index contributed by atoms with van der Waals surface area (Å²) in [5, 5.41) is 8.99. The first-order valence-corrected chi connectivity index (χ1v) is 5.51. The summed E-state index contributed by atoms with van der Waals surface area (Å²) in [6, 6.07) is -0.449. The van der Waals surface area contributed by atoms with Gasteiger partial charge in [-0.1, -0.05) is 20.8 Å². The molecule has 1 saturated heterocycles. The van der Waals surface area contributed by atoms with E-state index in [1.807, 2.05) is 20.8 Å². The van der Waals surface area contributed by atoms with Gasteiger partial charge in [0.25, 0.3) is 0 Å². The molecule has 1 fully saturated rings. The highest BCUT2D eigenvalue weighted by molar-refractivity contribution is 5.82. The maximum absolute atomic E-state index is 12.0. The van der Waals surface area contributed by atoms with Crippen LogP contribution >= 0.6 is 0 Å². The van der Waals surface area contributed by atoms with Gasteiger partial charge < -0.3 is 15.7 Å². The molecule has 0 aromatic heterocycles. The molecule has 2 atom stereocenters. The van der Waals surface area contributed by atoms with Crippen molar-refractivity contribution >= 4 is 5.91 Å². The normalized spacial score (nSPS) is 24.3. The van der Waals surface area contributed by atoms with Crippen molar-refractivity contribution in [3.05, 3.63) is 0 Å². The van der Waals surface area contributed by atoms with Crippen molar-refractivity contribution in [1.29, 1.82) is 0 Å². The van der Waals surface area contributed by atoms with Crippen molar-refractivity contribution in [3.63, 3.8) is 0 Å². The predicted molar refractivity (Wildman–Crippen MR) is 59.2 cm³/mol. The van der Waals surface area contributed by atoms with Crippen molar-refractivity contribution in [2.24, 2.45) is 17.1 Å². The highest BCUT2D eigenvalue weighted by Gasteiger charge is 2.34. The van der Waals surface area contributed by atoms with E-state index < -0.39 is 6.04 Å². The van der Waals surface area contributed by atoms with Crippen LogP contribution in [0, 0.1) is 11.3 Å². The summed E-state index contributed by atoms with van der Waals surface area (Å²) < 4.78 is 0. The van der Waals surface area contributed by atoms with Gasteiger partial charge in [-0.05, 0) is 11.8 Å². The van der Waals surface area contributed by atoms with E-state index in [0.29, 0.717) is 6.54 Å². The molecule has 3 N–H and O–H groups in total. The van der Waals surface area contributed by atoms with E-state index in [-0.39, 0.29) is 23.8 Å². The van der Waals surface area contributed by atoms with Gasteiger partial charge in [-0.25, -0.2) is 0 Å². The molecule has 15 heavy (non-hydrogen) atoms. The van der Waals surface area contributed by atoms with Crippen molar-refractivity contribution in [2.45, 2.75) is 33.2 Å². The average Bonchev–Trinajstić information content (AvgIpc) is 2.62. The zero-order valence-corrected chi connectivity index (χ0v) is 9.86. The number of likely N-dealkylation sites (tertiary alicyclic amines) is 1. The molecule has 1 unspecified atom stereocenters. The summed E-state index contributed by atoms with van der Waals surface area (Å²) in [5.41, 5.74) is 5.71. The SMILES string of the molecule is CC(C)(C)[C@H](N)C(=O)N1CCC(CO)C1. The number of aliphatic hydroxyl groups excluding tert-OH is 1. The molecule has 1 aliphatic heterocycles. The third-order valence-corrected chi connectivity index (χ3v) is 3.05. The lowest BCUT2D eigenvalue weighted by atomic mass is 9.86. The van der Waals surface area contributed by atoms with Crippen LogP contribution < -0.4 is 5.73 Å². The molecule has 1 aliphatic rings. The Balaban J connectivity index is 2.55. The number of carbonyl (C=O) groups is 1. The van der Waals surface area contributed by atoms with Gasteiger partial charge in [0.2, 0.25) is 5.91 Å². The maximum Gasteiger partial charge on any atom is 0.240 e. The van der Waals surface area contributed by atoms with Gasteiger partial charge in [0, 0.05) is 25.6 Å². The third-order valence-electron chi connectivity index (χ3n) is 3.05. The first-order chi connectivity index (χ1) is 6.86. The van der Waals surface area contributed by atoms with Crippen LogP contribution in [0.4, 0.5) is 0 Å². The lowest BCUT2D eigenvalue weighted by Crippen LogP contribution is -2.49. The Hall–Kier alpha value is -0.610. The first-order valence-electron chi connectivity index (χ1n) is 5.51. The van der Waals surface area contributed by atoms with Crippen LogP contribution in [0.15, 0.2) is 0 Å². The monoisotopic (exact) mass is 214 g/mol. The molecule has 1 heterocycles. The molecule has 88 valence electrons. The van der Waals surface area contributed by atoms with Gasteiger partial charge in [-0.15, -0.1) is 0 Å². The molecular weight excluding hydrogens is 192 g/mol. The molecule has 4 nitrogen and oxygen atoms in total. The minimum absolute atomic E-state index is 0.0125. The summed E-state index contributed by atoms with van der Waals surface area (Å²) in [6.07, 6.45) is 0.888. The molecule has 1 rings (SSSR count). The number of hydrogen-bond donors (Lipinski definition) is 2. The molecule has 4 heteroatoms. The average molecular weight is 214 g/mol. The second-order valence-electron chi connectivity index (χ2n) is 5.47. The Labute approximate surface area is 91.4 Å². The van der Waals surface area contributed by atoms with Gasteiger partial charge in [0.1, 0.15) is 0 Å². The van der Waals surface area contributed by atoms with Crippen LogP contribution in [-0.2, 0) is 4.79 Å². The molecule has 0 aromatic rings. The zero-order valence-electron chi connectivity index (χ0n) is 9.86. The van der Waals surface area contributed by atoms with E-state index >= 15 is 0 Å². The highest BCUT2D eigenvalue weighted by atomic mass is 16.3. The van der Waals surface area contributed by atoms with Crippen molar-refractivity contribution in [1.82, 2.24) is 4.90 Å². The Morgan fingerprint density at radius 1 is 1.60 bits per heavy atom. The number of nitrogens with two attached hydrogens (primary N) is 1. The fourth-order valence-electron chi connectivity index (χ4n) is 1.75. The lowest BCUT2D eigenvalue weighted by Gasteiger charge is -2.29. The van der Waals surface area contributed by atoms with Crippen LogP contribution in [0.3, 0.4) is 0 Å². The number of aliphatic hydroxyl groups is 1. The smallest absolute Gasteiger partial charge is 0.240 e. The predicted octanol–water partition coefficient (Wildman–Crippen LogP) is 0.201. The quantitative estimate of drug-likeness (QED) is 0.690. The first kappa shape index (κ1) is 12.5. The van der Waals surface area contributed by atoms with E-state index in [1.54, 1.807) is 4.90 Å². The molecule has 1 amide bonds. The van der Waals surface area contributed by atoms with Crippen LogP contribution in [-0.4, -0.2) is 41.7 Å². The fourth-order valence-corrected chi connectivity index (χ4v) is 1.75. The van der Waals surface area contributed by atoms with Crippen LogP contribution in [0.2, 0.25) is 0 Å². The van der Waals surface area contributed by atoms with E-state index in [4.69, 9.17) is 10.8 Å². The third kappa shape index (κ3) is 2.92. The number of hydrogen-bond acceptors (Lipinski definition) is 3. The standard InChI is InChI=1S/C11H22N2O2/c1-11(2,3)9(12)10(15)13-5-4-8(6-13)7-14/h8-9,14H,4-7,12H2,1-3H3/t8?,9-/m1/s1. The van der Waals surface area contributed by atoms with E-state index in [9.17, 15) is 4.79 Å². The number of rotatable bonds is 2. The van der Waals surface area contributed by atoms with Crippen molar-refractivity contribution < 1.29 is 9.90 Å². The second-order valence-corrected chi connectivity index (χ2v) is 5.47. The van der Waals surface area contributed by atoms with E-state index in [2.05, 4.69) is 0 Å². The Morgan fingerprint density at radius 3 is 2.60 bits per heavy atom. The van der Waals surface area contributed by atoms with Crippen molar-refractivity contribution in [3.8, 4) is 0 Å². The largest absolute Gasteiger partial charge is 0.396 e. The Morgan fingerprint density at radius 2 is 2.20 bits per heavy atom. The lowest BCUT2D eigenvalue weighted by molar-refractivity contribution is -0.134. The fraction of sp³-hybridized carbons (Fsp3) is 0.909. The molecule has 0 aliphatic carbocycles. The van der Waals surface area contributed by atoms with Gasteiger partial charge >= 0.3 is 0 Å². The Bertz CT molecular complexity index is 235. The van der Waals surface area contributed by atoms with E-state index in [0.717, 1.165) is 13.0 Å². The number of nitrogens with zero attached hydrogens (tertiary/aromatic N) is 1. The highest BCUT2D eigenvalue weighted by Crippen LogP contribution is 2.22.